The fourth-order valence-electron chi connectivity index (χ4n) is 3.83. The fraction of sp³-hybridized carbons (Fsp3) is 0.364. The van der Waals surface area contributed by atoms with Crippen LogP contribution in [0.25, 0.3) is 22.8 Å². The summed E-state index contributed by atoms with van der Waals surface area (Å²) >= 11 is 0. The van der Waals surface area contributed by atoms with E-state index in [0.717, 1.165) is 30.5 Å². The van der Waals surface area contributed by atoms with Crippen molar-refractivity contribution in [2.75, 3.05) is 18.8 Å². The van der Waals surface area contributed by atoms with Crippen molar-refractivity contribution in [1.82, 2.24) is 15.5 Å². The molecule has 5 N–H and O–H groups in total. The Balaban J connectivity index is 1.61. The molecule has 1 unspecified atom stereocenters. The second-order valence-corrected chi connectivity index (χ2v) is 7.55. The molecule has 2 aromatic carbocycles. The summed E-state index contributed by atoms with van der Waals surface area (Å²) in [5.74, 6) is 1.69. The van der Waals surface area contributed by atoms with Crippen LogP contribution in [-0.2, 0) is 6.42 Å². The normalized spacial score (nSPS) is 15.7. The zero-order valence-electron chi connectivity index (χ0n) is 16.8. The summed E-state index contributed by atoms with van der Waals surface area (Å²) in [7, 11) is 0. The van der Waals surface area contributed by atoms with Crippen molar-refractivity contribution in [2.45, 2.75) is 38.8 Å². The molecular weight excluding hydrogens is 366 g/mol. The largest absolute Gasteiger partial charge is 0.489 e. The number of ether oxygens (including phenoxy) is 1. The van der Waals surface area contributed by atoms with Crippen molar-refractivity contribution in [3.8, 4) is 28.6 Å². The highest BCUT2D eigenvalue weighted by Gasteiger charge is 2.26. The van der Waals surface area contributed by atoms with E-state index in [1.165, 1.54) is 11.1 Å². The molecule has 1 atom stereocenters. The molecule has 4 rings (SSSR count). The first kappa shape index (κ1) is 19.4. The molecule has 7 heteroatoms. The molecule has 0 amide bonds. The summed E-state index contributed by atoms with van der Waals surface area (Å²) in [6.45, 7) is 5.36. The van der Waals surface area contributed by atoms with Crippen LogP contribution in [-0.4, -0.2) is 29.3 Å². The number of rotatable bonds is 7. The van der Waals surface area contributed by atoms with Crippen molar-refractivity contribution in [1.29, 1.82) is 0 Å². The molecule has 3 aromatic rings. The van der Waals surface area contributed by atoms with E-state index in [2.05, 4.69) is 21.5 Å². The van der Waals surface area contributed by atoms with Gasteiger partial charge >= 0.3 is 0 Å². The summed E-state index contributed by atoms with van der Waals surface area (Å²) < 4.78 is 11.2. The number of aromatic nitrogens is 2. The molecule has 1 aliphatic rings. The Morgan fingerprint density at radius 1 is 1.28 bits per heavy atom. The number of nitrogens with zero attached hydrogens (tertiary/aromatic N) is 2. The van der Waals surface area contributed by atoms with Crippen LogP contribution >= 0.6 is 0 Å². The van der Waals surface area contributed by atoms with Gasteiger partial charge in [0, 0.05) is 30.3 Å². The van der Waals surface area contributed by atoms with Gasteiger partial charge in [0.15, 0.2) is 0 Å². The van der Waals surface area contributed by atoms with Crippen LogP contribution in [0.3, 0.4) is 0 Å². The number of nitrogen functional groups attached to an aromatic ring is 1. The van der Waals surface area contributed by atoms with E-state index in [0.29, 0.717) is 35.7 Å². The Labute approximate surface area is 170 Å². The highest BCUT2D eigenvalue weighted by molar-refractivity contribution is 5.69. The molecule has 0 aliphatic heterocycles. The van der Waals surface area contributed by atoms with Crippen LogP contribution in [0.15, 0.2) is 40.9 Å². The van der Waals surface area contributed by atoms with Crippen LogP contribution < -0.4 is 21.5 Å². The van der Waals surface area contributed by atoms with Crippen LogP contribution in [0.2, 0.25) is 0 Å². The highest BCUT2D eigenvalue weighted by Crippen LogP contribution is 2.37. The molecule has 0 saturated heterocycles. The standard InChI is InChI=1S/C22H27N5O2/c1-13(2)28-20-9-6-14(12-18(20)24)22-26-21(27-29-22)17-5-3-4-16-15(17)7-8-19(16)25-11-10-23/h3-6,9,12-13,19,25H,7-8,10-11,23-24H2,1-2H3. The molecule has 0 fully saturated rings. The van der Waals surface area contributed by atoms with E-state index >= 15 is 0 Å². The summed E-state index contributed by atoms with van der Waals surface area (Å²) in [5.41, 5.74) is 16.7. The van der Waals surface area contributed by atoms with Crippen LogP contribution in [0, 0.1) is 0 Å². The second kappa shape index (κ2) is 8.23. The number of hydrogen-bond donors (Lipinski definition) is 3. The second-order valence-electron chi connectivity index (χ2n) is 7.55. The monoisotopic (exact) mass is 393 g/mol. The molecule has 152 valence electrons. The maximum Gasteiger partial charge on any atom is 0.258 e. The third kappa shape index (κ3) is 3.97. The lowest BCUT2D eigenvalue weighted by Crippen LogP contribution is -2.25. The fourth-order valence-corrected chi connectivity index (χ4v) is 3.83. The Bertz CT molecular complexity index is 999. The van der Waals surface area contributed by atoms with Gasteiger partial charge < -0.3 is 26.0 Å². The summed E-state index contributed by atoms with van der Waals surface area (Å²) in [6, 6.07) is 12.1. The zero-order valence-corrected chi connectivity index (χ0v) is 16.8. The molecule has 0 radical (unpaired) electrons. The molecule has 1 aromatic heterocycles. The average Bonchev–Trinajstić information content (AvgIpc) is 3.35. The average molecular weight is 393 g/mol. The lowest BCUT2D eigenvalue weighted by molar-refractivity contribution is 0.244. The van der Waals surface area contributed by atoms with Gasteiger partial charge in [0.25, 0.3) is 5.89 Å². The Morgan fingerprint density at radius 2 is 2.14 bits per heavy atom. The lowest BCUT2D eigenvalue weighted by atomic mass is 10.0. The van der Waals surface area contributed by atoms with Gasteiger partial charge in [-0.3, -0.25) is 0 Å². The van der Waals surface area contributed by atoms with Crippen LogP contribution in [0.4, 0.5) is 5.69 Å². The van der Waals surface area contributed by atoms with Crippen molar-refractivity contribution >= 4 is 5.69 Å². The third-order valence-corrected chi connectivity index (χ3v) is 5.09. The van der Waals surface area contributed by atoms with Gasteiger partial charge in [0.2, 0.25) is 5.82 Å². The van der Waals surface area contributed by atoms with Gasteiger partial charge in [-0.05, 0) is 56.0 Å². The number of anilines is 1. The van der Waals surface area contributed by atoms with Crippen molar-refractivity contribution in [3.63, 3.8) is 0 Å². The molecule has 0 saturated carbocycles. The van der Waals surface area contributed by atoms with Gasteiger partial charge in [0.05, 0.1) is 11.8 Å². The zero-order chi connectivity index (χ0) is 20.4. The van der Waals surface area contributed by atoms with E-state index in [1.807, 2.05) is 38.1 Å². The van der Waals surface area contributed by atoms with E-state index in [9.17, 15) is 0 Å². The topological polar surface area (TPSA) is 112 Å². The molecule has 29 heavy (non-hydrogen) atoms. The highest BCUT2D eigenvalue weighted by atomic mass is 16.5. The number of nitrogens with two attached hydrogens (primary N) is 2. The van der Waals surface area contributed by atoms with Gasteiger partial charge in [-0.25, -0.2) is 0 Å². The Kier molecular flexibility index (Phi) is 5.51. The minimum absolute atomic E-state index is 0.0569. The number of nitrogens with one attached hydrogen (secondary N) is 1. The first-order valence-corrected chi connectivity index (χ1v) is 10.0. The van der Waals surface area contributed by atoms with Crippen LogP contribution in [0.5, 0.6) is 5.75 Å². The molecule has 7 nitrogen and oxygen atoms in total. The van der Waals surface area contributed by atoms with Gasteiger partial charge in [0.1, 0.15) is 5.75 Å². The third-order valence-electron chi connectivity index (χ3n) is 5.09. The maximum absolute atomic E-state index is 6.12. The SMILES string of the molecule is CC(C)Oc1ccc(-c2nc(-c3cccc4c3CCC4NCCN)no2)cc1N. The molecule has 0 spiro atoms. The van der Waals surface area contributed by atoms with Crippen molar-refractivity contribution < 1.29 is 9.26 Å². The minimum Gasteiger partial charge on any atom is -0.489 e. The van der Waals surface area contributed by atoms with Gasteiger partial charge in [-0.15, -0.1) is 0 Å². The first-order valence-electron chi connectivity index (χ1n) is 10.0. The summed E-state index contributed by atoms with van der Waals surface area (Å²) in [5, 5.41) is 7.74. The lowest BCUT2D eigenvalue weighted by Gasteiger charge is -2.13. The summed E-state index contributed by atoms with van der Waals surface area (Å²) in [6.07, 6.45) is 2.08. The molecule has 0 bridgehead atoms. The maximum atomic E-state index is 6.12. The Morgan fingerprint density at radius 3 is 2.90 bits per heavy atom. The van der Waals surface area contributed by atoms with Crippen molar-refractivity contribution in [3.05, 3.63) is 47.5 Å². The molecule has 1 aliphatic carbocycles. The van der Waals surface area contributed by atoms with E-state index in [1.54, 1.807) is 6.07 Å². The van der Waals surface area contributed by atoms with Crippen LogP contribution in [0.1, 0.15) is 37.4 Å². The van der Waals surface area contributed by atoms with Crippen molar-refractivity contribution in [2.24, 2.45) is 5.73 Å². The first-order chi connectivity index (χ1) is 14.1. The van der Waals surface area contributed by atoms with Gasteiger partial charge in [-0.1, -0.05) is 23.4 Å². The molecule has 1 heterocycles. The minimum atomic E-state index is 0.0569. The number of benzene rings is 2. The number of fused-ring (bicyclic) bond motifs is 1. The predicted octanol–water partition coefficient (Wildman–Crippen LogP) is 3.31. The number of hydrogen-bond acceptors (Lipinski definition) is 7. The summed E-state index contributed by atoms with van der Waals surface area (Å²) in [4.78, 5) is 4.63. The smallest absolute Gasteiger partial charge is 0.258 e. The quantitative estimate of drug-likeness (QED) is 0.528. The van der Waals surface area contributed by atoms with E-state index in [4.69, 9.17) is 20.7 Å². The Hall–Kier alpha value is -2.90. The van der Waals surface area contributed by atoms with E-state index < -0.39 is 0 Å². The van der Waals surface area contributed by atoms with Gasteiger partial charge in [-0.2, -0.15) is 4.98 Å². The molecular formula is C22H27N5O2. The van der Waals surface area contributed by atoms with E-state index in [-0.39, 0.29) is 6.10 Å². The predicted molar refractivity (Wildman–Crippen MR) is 113 cm³/mol.